The van der Waals surface area contributed by atoms with Gasteiger partial charge in [-0.15, -0.1) is 0 Å². The Kier molecular flexibility index (Phi) is 5.89. The van der Waals surface area contributed by atoms with Crippen LogP contribution in [0.2, 0.25) is 0 Å². The van der Waals surface area contributed by atoms with Crippen LogP contribution in [0.3, 0.4) is 0 Å². The predicted molar refractivity (Wildman–Crippen MR) is 51.5 cm³/mol. The number of carboxylic acids is 1. The van der Waals surface area contributed by atoms with Crippen LogP contribution in [-0.2, 0) is 4.79 Å². The molecule has 0 rings (SSSR count). The summed E-state index contributed by atoms with van der Waals surface area (Å²) in [5, 5.41) is 17.1. The molecule has 0 aliphatic heterocycles. The average molecular weight is 184 g/mol. The van der Waals surface area contributed by atoms with Crippen LogP contribution >= 0.6 is 0 Å². The fraction of sp³-hybridized carbons (Fsp3) is 0.500. The van der Waals surface area contributed by atoms with Crippen molar-refractivity contribution >= 4 is 5.97 Å². The lowest BCUT2D eigenvalue weighted by Crippen LogP contribution is -1.95. The first kappa shape index (κ1) is 11.9. The van der Waals surface area contributed by atoms with E-state index in [-0.39, 0.29) is 6.61 Å². The molecule has 3 heteroatoms. The Morgan fingerprint density at radius 1 is 1.31 bits per heavy atom. The molecule has 0 aliphatic carbocycles. The molecule has 2 N–H and O–H groups in total. The van der Waals surface area contributed by atoms with Gasteiger partial charge in [0.1, 0.15) is 0 Å². The Hall–Kier alpha value is -1.09. The lowest BCUT2D eigenvalue weighted by molar-refractivity contribution is -0.132. The SMILES string of the molecule is C/C(=C/CC/C(C)=C/CO)C(=O)O. The van der Waals surface area contributed by atoms with Crippen LogP contribution < -0.4 is 0 Å². The first-order valence-corrected chi connectivity index (χ1v) is 4.24. The summed E-state index contributed by atoms with van der Waals surface area (Å²) in [5.74, 6) is -0.871. The monoisotopic (exact) mass is 184 g/mol. The van der Waals surface area contributed by atoms with Gasteiger partial charge in [0.15, 0.2) is 0 Å². The highest BCUT2D eigenvalue weighted by atomic mass is 16.4. The number of hydrogen-bond acceptors (Lipinski definition) is 2. The van der Waals surface area contributed by atoms with Crippen molar-refractivity contribution in [3.63, 3.8) is 0 Å². The lowest BCUT2D eigenvalue weighted by atomic mass is 10.1. The first-order chi connectivity index (χ1) is 6.07. The second-order valence-electron chi connectivity index (χ2n) is 2.96. The average Bonchev–Trinajstić information content (AvgIpc) is 2.04. The van der Waals surface area contributed by atoms with Crippen LogP contribution in [0.1, 0.15) is 26.7 Å². The van der Waals surface area contributed by atoms with Crippen molar-refractivity contribution in [2.75, 3.05) is 6.61 Å². The number of rotatable bonds is 5. The van der Waals surface area contributed by atoms with E-state index < -0.39 is 5.97 Å². The Morgan fingerprint density at radius 3 is 2.38 bits per heavy atom. The van der Waals surface area contributed by atoms with Gasteiger partial charge in [-0.25, -0.2) is 4.79 Å². The standard InChI is InChI=1S/C10H16O3/c1-8(6-7-11)4-3-5-9(2)10(12)13/h5-6,11H,3-4,7H2,1-2H3,(H,12,13)/b8-6+,9-5-. The number of aliphatic carboxylic acids is 1. The third-order valence-electron chi connectivity index (χ3n) is 1.77. The van der Waals surface area contributed by atoms with Crippen LogP contribution in [0.4, 0.5) is 0 Å². The molecule has 0 aromatic heterocycles. The highest BCUT2D eigenvalue weighted by Gasteiger charge is 1.97. The Bertz CT molecular complexity index is 226. The summed E-state index contributed by atoms with van der Waals surface area (Å²) in [6.45, 7) is 3.54. The number of hydrogen-bond donors (Lipinski definition) is 2. The molecular formula is C10H16O3. The molecule has 0 spiro atoms. The van der Waals surface area contributed by atoms with Crippen molar-refractivity contribution in [3.05, 3.63) is 23.3 Å². The summed E-state index contributed by atoms with van der Waals surface area (Å²) in [7, 11) is 0. The van der Waals surface area contributed by atoms with Crippen LogP contribution in [0.15, 0.2) is 23.3 Å². The van der Waals surface area contributed by atoms with Crippen molar-refractivity contribution in [1.82, 2.24) is 0 Å². The second-order valence-corrected chi connectivity index (χ2v) is 2.96. The Labute approximate surface area is 78.4 Å². The molecule has 0 amide bonds. The molecule has 0 saturated carbocycles. The van der Waals surface area contributed by atoms with E-state index in [1.165, 1.54) is 0 Å². The van der Waals surface area contributed by atoms with Gasteiger partial charge >= 0.3 is 5.97 Å². The number of carbonyl (C=O) groups is 1. The number of aliphatic hydroxyl groups is 1. The number of allylic oxidation sites excluding steroid dienone is 2. The molecule has 0 unspecified atom stereocenters. The molecule has 3 nitrogen and oxygen atoms in total. The fourth-order valence-corrected chi connectivity index (χ4v) is 0.862. The first-order valence-electron chi connectivity index (χ1n) is 4.24. The smallest absolute Gasteiger partial charge is 0.330 e. The van der Waals surface area contributed by atoms with Gasteiger partial charge in [-0.2, -0.15) is 0 Å². The van der Waals surface area contributed by atoms with E-state index in [0.717, 1.165) is 12.0 Å². The van der Waals surface area contributed by atoms with Crippen molar-refractivity contribution in [2.24, 2.45) is 0 Å². The van der Waals surface area contributed by atoms with E-state index in [2.05, 4.69) is 0 Å². The third kappa shape index (κ3) is 6.11. The molecule has 74 valence electrons. The lowest BCUT2D eigenvalue weighted by Gasteiger charge is -1.97. The Morgan fingerprint density at radius 2 is 1.92 bits per heavy atom. The van der Waals surface area contributed by atoms with Gasteiger partial charge in [-0.1, -0.05) is 17.7 Å². The van der Waals surface area contributed by atoms with Gasteiger partial charge in [0, 0.05) is 5.57 Å². The van der Waals surface area contributed by atoms with E-state index in [9.17, 15) is 4.79 Å². The maximum Gasteiger partial charge on any atom is 0.330 e. The summed E-state index contributed by atoms with van der Waals surface area (Å²) in [6.07, 6.45) is 4.92. The summed E-state index contributed by atoms with van der Waals surface area (Å²) in [5.41, 5.74) is 1.45. The number of carboxylic acid groups (broad SMARTS) is 1. The maximum atomic E-state index is 10.4. The molecule has 0 aromatic carbocycles. The quantitative estimate of drug-likeness (QED) is 0.505. The van der Waals surface area contributed by atoms with Gasteiger partial charge < -0.3 is 10.2 Å². The molecular weight excluding hydrogens is 168 g/mol. The molecule has 0 fully saturated rings. The maximum absolute atomic E-state index is 10.4. The van der Waals surface area contributed by atoms with Gasteiger partial charge in [0.2, 0.25) is 0 Å². The van der Waals surface area contributed by atoms with Crippen molar-refractivity contribution in [1.29, 1.82) is 0 Å². The van der Waals surface area contributed by atoms with E-state index in [0.29, 0.717) is 12.0 Å². The summed E-state index contributed by atoms with van der Waals surface area (Å²) in [4.78, 5) is 10.4. The summed E-state index contributed by atoms with van der Waals surface area (Å²) < 4.78 is 0. The molecule has 0 aromatic rings. The van der Waals surface area contributed by atoms with Gasteiger partial charge in [-0.05, 0) is 26.7 Å². The zero-order chi connectivity index (χ0) is 10.3. The molecule has 0 bridgehead atoms. The fourth-order valence-electron chi connectivity index (χ4n) is 0.862. The van der Waals surface area contributed by atoms with Crippen LogP contribution in [0, 0.1) is 0 Å². The van der Waals surface area contributed by atoms with Crippen molar-refractivity contribution < 1.29 is 15.0 Å². The zero-order valence-electron chi connectivity index (χ0n) is 8.08. The predicted octanol–water partition coefficient (Wildman–Crippen LogP) is 1.74. The van der Waals surface area contributed by atoms with Crippen LogP contribution in [0.25, 0.3) is 0 Å². The molecule has 0 aliphatic rings. The van der Waals surface area contributed by atoms with E-state index in [1.807, 2.05) is 6.92 Å². The Balaban J connectivity index is 3.85. The molecule has 13 heavy (non-hydrogen) atoms. The van der Waals surface area contributed by atoms with E-state index in [4.69, 9.17) is 10.2 Å². The molecule has 0 saturated heterocycles. The summed E-state index contributed by atoms with van der Waals surface area (Å²) in [6, 6.07) is 0. The topological polar surface area (TPSA) is 57.5 Å². The minimum absolute atomic E-state index is 0.0491. The van der Waals surface area contributed by atoms with Gasteiger partial charge in [0.05, 0.1) is 6.61 Å². The van der Waals surface area contributed by atoms with Gasteiger partial charge in [0.25, 0.3) is 0 Å². The highest BCUT2D eigenvalue weighted by Crippen LogP contribution is 2.06. The molecule has 0 atom stereocenters. The van der Waals surface area contributed by atoms with Crippen molar-refractivity contribution in [2.45, 2.75) is 26.7 Å². The number of aliphatic hydroxyl groups excluding tert-OH is 1. The van der Waals surface area contributed by atoms with Crippen LogP contribution in [0.5, 0.6) is 0 Å². The highest BCUT2D eigenvalue weighted by molar-refractivity contribution is 5.85. The third-order valence-corrected chi connectivity index (χ3v) is 1.77. The summed E-state index contributed by atoms with van der Waals surface area (Å²) >= 11 is 0. The molecule has 0 heterocycles. The van der Waals surface area contributed by atoms with Crippen molar-refractivity contribution in [3.8, 4) is 0 Å². The normalized spacial score (nSPS) is 13.2. The van der Waals surface area contributed by atoms with Crippen LogP contribution in [-0.4, -0.2) is 22.8 Å². The molecule has 0 radical (unpaired) electrons. The minimum Gasteiger partial charge on any atom is -0.478 e. The van der Waals surface area contributed by atoms with E-state index in [1.54, 1.807) is 19.1 Å². The second kappa shape index (κ2) is 6.43. The minimum atomic E-state index is -0.871. The zero-order valence-corrected chi connectivity index (χ0v) is 8.08. The largest absolute Gasteiger partial charge is 0.478 e. The van der Waals surface area contributed by atoms with E-state index >= 15 is 0 Å². The van der Waals surface area contributed by atoms with Gasteiger partial charge in [-0.3, -0.25) is 0 Å².